The Morgan fingerprint density at radius 3 is 2.05 bits per heavy atom. The van der Waals surface area contributed by atoms with Crippen LogP contribution >= 0.6 is 0 Å². The van der Waals surface area contributed by atoms with E-state index < -0.39 is 0 Å². The summed E-state index contributed by atoms with van der Waals surface area (Å²) < 4.78 is 0. The Morgan fingerprint density at radius 2 is 1.60 bits per heavy atom. The molecule has 0 aliphatic carbocycles. The first-order chi connectivity index (χ1) is 9.47. The molecule has 2 nitrogen and oxygen atoms in total. The summed E-state index contributed by atoms with van der Waals surface area (Å²) in [4.78, 5) is 2.62. The van der Waals surface area contributed by atoms with Gasteiger partial charge in [-0.3, -0.25) is 4.90 Å². The zero-order valence-corrected chi connectivity index (χ0v) is 14.1. The lowest BCUT2D eigenvalue weighted by molar-refractivity contribution is 0.116. The minimum absolute atomic E-state index is 0.391. The van der Waals surface area contributed by atoms with Gasteiger partial charge in [0, 0.05) is 24.7 Å². The molecule has 1 aromatic carbocycles. The Morgan fingerprint density at radius 1 is 1.00 bits per heavy atom. The maximum Gasteiger partial charge on any atom is 0.0475 e. The molecule has 1 aromatic rings. The van der Waals surface area contributed by atoms with Crippen molar-refractivity contribution in [3.05, 3.63) is 35.9 Å². The van der Waals surface area contributed by atoms with Crippen LogP contribution in [-0.4, -0.2) is 30.1 Å². The van der Waals surface area contributed by atoms with Crippen molar-refractivity contribution < 1.29 is 0 Å². The SMILES string of the molecule is CCNC(c1ccccc1)C(C)N(CC(C)C)C(C)C. The Labute approximate surface area is 125 Å². The van der Waals surface area contributed by atoms with Crippen molar-refractivity contribution in [1.82, 2.24) is 10.2 Å². The van der Waals surface area contributed by atoms with Gasteiger partial charge >= 0.3 is 0 Å². The Balaban J connectivity index is 2.94. The quantitative estimate of drug-likeness (QED) is 0.769. The molecule has 1 N–H and O–H groups in total. The zero-order valence-electron chi connectivity index (χ0n) is 14.1. The second kappa shape index (κ2) is 8.43. The molecule has 0 radical (unpaired) electrons. The number of hydrogen-bond acceptors (Lipinski definition) is 2. The van der Waals surface area contributed by atoms with Gasteiger partial charge in [-0.1, -0.05) is 51.1 Å². The average Bonchev–Trinajstić information content (AvgIpc) is 2.42. The smallest absolute Gasteiger partial charge is 0.0475 e. The van der Waals surface area contributed by atoms with Crippen LogP contribution in [0, 0.1) is 5.92 Å². The van der Waals surface area contributed by atoms with E-state index in [4.69, 9.17) is 0 Å². The van der Waals surface area contributed by atoms with Crippen LogP contribution < -0.4 is 5.32 Å². The van der Waals surface area contributed by atoms with E-state index >= 15 is 0 Å². The number of benzene rings is 1. The summed E-state index contributed by atoms with van der Waals surface area (Å²) in [5.41, 5.74) is 1.39. The number of likely N-dealkylation sites (N-methyl/N-ethyl adjacent to an activating group) is 1. The highest BCUT2D eigenvalue weighted by atomic mass is 15.2. The minimum Gasteiger partial charge on any atom is -0.309 e. The predicted octanol–water partition coefficient (Wildman–Crippen LogP) is 4.09. The summed E-state index contributed by atoms with van der Waals surface area (Å²) in [6, 6.07) is 12.3. The first-order valence-electron chi connectivity index (χ1n) is 8.01. The second-order valence-corrected chi connectivity index (χ2v) is 6.37. The van der Waals surface area contributed by atoms with Crippen molar-refractivity contribution in [2.75, 3.05) is 13.1 Å². The Kier molecular flexibility index (Phi) is 7.25. The van der Waals surface area contributed by atoms with E-state index in [-0.39, 0.29) is 0 Å². The van der Waals surface area contributed by atoms with Crippen LogP contribution in [0.15, 0.2) is 30.3 Å². The highest BCUT2D eigenvalue weighted by molar-refractivity contribution is 5.20. The van der Waals surface area contributed by atoms with E-state index in [0.29, 0.717) is 24.0 Å². The molecule has 2 atom stereocenters. The monoisotopic (exact) mass is 276 g/mol. The fourth-order valence-corrected chi connectivity index (χ4v) is 2.91. The van der Waals surface area contributed by atoms with Crippen molar-refractivity contribution in [3.8, 4) is 0 Å². The van der Waals surface area contributed by atoms with Crippen molar-refractivity contribution in [2.24, 2.45) is 5.92 Å². The van der Waals surface area contributed by atoms with Crippen molar-refractivity contribution in [1.29, 1.82) is 0 Å². The van der Waals surface area contributed by atoms with E-state index in [1.165, 1.54) is 5.56 Å². The second-order valence-electron chi connectivity index (χ2n) is 6.37. The molecular weight excluding hydrogens is 244 g/mol. The van der Waals surface area contributed by atoms with Crippen LogP contribution in [0.4, 0.5) is 0 Å². The van der Waals surface area contributed by atoms with Gasteiger partial charge in [-0.05, 0) is 38.8 Å². The molecular formula is C18H32N2. The van der Waals surface area contributed by atoms with E-state index in [1.807, 2.05) is 0 Å². The third-order valence-electron chi connectivity index (χ3n) is 3.83. The van der Waals surface area contributed by atoms with Crippen LogP contribution in [0.1, 0.15) is 53.1 Å². The summed E-state index contributed by atoms with van der Waals surface area (Å²) >= 11 is 0. The van der Waals surface area contributed by atoms with Gasteiger partial charge in [-0.2, -0.15) is 0 Å². The molecule has 1 rings (SSSR count). The lowest BCUT2D eigenvalue weighted by Crippen LogP contribution is -2.47. The molecule has 0 aliphatic rings. The van der Waals surface area contributed by atoms with Crippen LogP contribution in [0.25, 0.3) is 0 Å². The molecule has 0 saturated heterocycles. The van der Waals surface area contributed by atoms with E-state index in [2.05, 4.69) is 82.1 Å². The fourth-order valence-electron chi connectivity index (χ4n) is 2.91. The first kappa shape index (κ1) is 17.2. The van der Waals surface area contributed by atoms with Gasteiger partial charge in [0.05, 0.1) is 0 Å². The molecule has 0 aromatic heterocycles. The molecule has 0 heterocycles. The van der Waals surface area contributed by atoms with Crippen LogP contribution in [0.2, 0.25) is 0 Å². The van der Waals surface area contributed by atoms with Gasteiger partial charge < -0.3 is 5.32 Å². The Hall–Kier alpha value is -0.860. The van der Waals surface area contributed by atoms with Gasteiger partial charge in [0.2, 0.25) is 0 Å². The number of nitrogens with zero attached hydrogens (tertiary/aromatic N) is 1. The Bertz CT molecular complexity index is 359. The van der Waals surface area contributed by atoms with Crippen LogP contribution in [0.5, 0.6) is 0 Å². The molecule has 20 heavy (non-hydrogen) atoms. The summed E-state index contributed by atoms with van der Waals surface area (Å²) in [5.74, 6) is 0.692. The van der Waals surface area contributed by atoms with Gasteiger partial charge in [-0.15, -0.1) is 0 Å². The standard InChI is InChI=1S/C18H32N2/c1-7-19-18(17-11-9-8-10-12-17)16(6)20(15(4)5)13-14(2)3/h8-12,14-16,18-19H,7,13H2,1-6H3. The van der Waals surface area contributed by atoms with Crippen LogP contribution in [-0.2, 0) is 0 Å². The molecule has 0 amide bonds. The number of nitrogens with one attached hydrogen (secondary N) is 1. The van der Waals surface area contributed by atoms with Gasteiger partial charge in [0.25, 0.3) is 0 Å². The minimum atomic E-state index is 0.391. The normalized spacial score (nSPS) is 15.1. The molecule has 0 saturated carbocycles. The lowest BCUT2D eigenvalue weighted by Gasteiger charge is -2.39. The van der Waals surface area contributed by atoms with Gasteiger partial charge in [-0.25, -0.2) is 0 Å². The van der Waals surface area contributed by atoms with E-state index in [1.54, 1.807) is 0 Å². The first-order valence-corrected chi connectivity index (χ1v) is 8.01. The molecule has 0 aliphatic heterocycles. The third kappa shape index (κ3) is 4.92. The largest absolute Gasteiger partial charge is 0.309 e. The summed E-state index contributed by atoms with van der Waals surface area (Å²) in [6.45, 7) is 15.9. The number of hydrogen-bond donors (Lipinski definition) is 1. The molecule has 0 fully saturated rings. The summed E-state index contributed by atoms with van der Waals surface area (Å²) in [6.07, 6.45) is 0. The zero-order chi connectivity index (χ0) is 15.1. The molecule has 0 spiro atoms. The molecule has 2 unspecified atom stereocenters. The predicted molar refractivity (Wildman–Crippen MR) is 89.0 cm³/mol. The topological polar surface area (TPSA) is 15.3 Å². The number of rotatable bonds is 8. The lowest BCUT2D eigenvalue weighted by atomic mass is 9.97. The molecule has 0 bridgehead atoms. The van der Waals surface area contributed by atoms with Gasteiger partial charge in [0.1, 0.15) is 0 Å². The summed E-state index contributed by atoms with van der Waals surface area (Å²) in [5, 5.41) is 3.67. The molecule has 114 valence electrons. The van der Waals surface area contributed by atoms with Gasteiger partial charge in [0.15, 0.2) is 0 Å². The van der Waals surface area contributed by atoms with E-state index in [9.17, 15) is 0 Å². The summed E-state index contributed by atoms with van der Waals surface area (Å²) in [7, 11) is 0. The fraction of sp³-hybridized carbons (Fsp3) is 0.667. The van der Waals surface area contributed by atoms with Crippen molar-refractivity contribution in [2.45, 2.75) is 59.7 Å². The highest BCUT2D eigenvalue weighted by Gasteiger charge is 2.26. The van der Waals surface area contributed by atoms with E-state index in [0.717, 1.165) is 13.1 Å². The maximum atomic E-state index is 3.67. The molecule has 2 heteroatoms. The van der Waals surface area contributed by atoms with Crippen LogP contribution in [0.3, 0.4) is 0 Å². The average molecular weight is 276 g/mol. The third-order valence-corrected chi connectivity index (χ3v) is 3.83. The maximum absolute atomic E-state index is 3.67. The van der Waals surface area contributed by atoms with Crippen molar-refractivity contribution in [3.63, 3.8) is 0 Å². The van der Waals surface area contributed by atoms with Crippen molar-refractivity contribution >= 4 is 0 Å². The highest BCUT2D eigenvalue weighted by Crippen LogP contribution is 2.23.